The lowest BCUT2D eigenvalue weighted by molar-refractivity contribution is 0.0996. The molecule has 4 heteroatoms. The van der Waals surface area contributed by atoms with Gasteiger partial charge in [-0.1, -0.05) is 31.2 Å². The molecular formula is C19H21NO3. The van der Waals surface area contributed by atoms with Gasteiger partial charge in [-0.2, -0.15) is 0 Å². The van der Waals surface area contributed by atoms with Crippen LogP contribution in [0.1, 0.15) is 39.9 Å². The Morgan fingerprint density at radius 1 is 1.22 bits per heavy atom. The van der Waals surface area contributed by atoms with Crippen molar-refractivity contribution in [2.24, 2.45) is 0 Å². The van der Waals surface area contributed by atoms with E-state index in [0.717, 1.165) is 16.8 Å². The Bertz CT molecular complexity index is 709. The molecule has 23 heavy (non-hydrogen) atoms. The highest BCUT2D eigenvalue weighted by atomic mass is 16.5. The minimum absolute atomic E-state index is 0.00649. The molecule has 1 N–H and O–H groups in total. The van der Waals surface area contributed by atoms with E-state index in [1.54, 1.807) is 18.1 Å². The minimum Gasteiger partial charge on any atom is -0.392 e. The highest BCUT2D eigenvalue weighted by Gasteiger charge is 2.28. The van der Waals surface area contributed by atoms with Gasteiger partial charge in [-0.15, -0.1) is 0 Å². The van der Waals surface area contributed by atoms with Crippen LogP contribution in [-0.2, 0) is 17.9 Å². The first-order valence-electron chi connectivity index (χ1n) is 7.77. The summed E-state index contributed by atoms with van der Waals surface area (Å²) in [7, 11) is 1.70. The average Bonchev–Trinajstić information content (AvgIpc) is 2.91. The number of amides is 1. The van der Waals surface area contributed by atoms with E-state index < -0.39 is 0 Å². The van der Waals surface area contributed by atoms with Gasteiger partial charge in [0.15, 0.2) is 0 Å². The summed E-state index contributed by atoms with van der Waals surface area (Å²) in [6, 6.07) is 13.6. The van der Waals surface area contributed by atoms with Crippen molar-refractivity contribution in [1.82, 2.24) is 0 Å². The maximum absolute atomic E-state index is 12.6. The van der Waals surface area contributed by atoms with E-state index in [-0.39, 0.29) is 12.5 Å². The smallest absolute Gasteiger partial charge is 0.258 e. The number of ether oxygens (including phenoxy) is 1. The molecule has 0 saturated heterocycles. The van der Waals surface area contributed by atoms with Gasteiger partial charge in [-0.05, 0) is 34.9 Å². The monoisotopic (exact) mass is 311 g/mol. The quantitative estimate of drug-likeness (QED) is 0.923. The molecule has 0 aliphatic carbocycles. The fraction of sp³-hybridized carbons (Fsp3) is 0.316. The van der Waals surface area contributed by atoms with E-state index in [9.17, 15) is 9.90 Å². The lowest BCUT2D eigenvalue weighted by Gasteiger charge is -2.17. The maximum atomic E-state index is 12.6. The molecule has 2 aromatic carbocycles. The van der Waals surface area contributed by atoms with Crippen molar-refractivity contribution < 1.29 is 14.6 Å². The number of carbonyl (C=O) groups is 1. The lowest BCUT2D eigenvalue weighted by Crippen LogP contribution is -2.23. The van der Waals surface area contributed by atoms with Gasteiger partial charge in [0.05, 0.1) is 19.8 Å². The molecule has 0 radical (unpaired) electrons. The zero-order valence-electron chi connectivity index (χ0n) is 13.5. The van der Waals surface area contributed by atoms with E-state index in [1.807, 2.05) is 24.3 Å². The van der Waals surface area contributed by atoms with Crippen LogP contribution in [0.2, 0.25) is 0 Å². The highest BCUT2D eigenvalue weighted by molar-refractivity contribution is 6.10. The molecule has 2 aromatic rings. The van der Waals surface area contributed by atoms with E-state index in [2.05, 4.69) is 19.1 Å². The molecular weight excluding hydrogens is 290 g/mol. The second-order valence-corrected chi connectivity index (χ2v) is 5.99. The second kappa shape index (κ2) is 6.52. The summed E-state index contributed by atoms with van der Waals surface area (Å²) in [5.74, 6) is 0.320. The van der Waals surface area contributed by atoms with Crippen LogP contribution in [0.3, 0.4) is 0 Å². The molecule has 0 spiro atoms. The molecule has 1 heterocycles. The number of fused-ring (bicyclic) bond motifs is 1. The van der Waals surface area contributed by atoms with Crippen LogP contribution >= 0.6 is 0 Å². The number of methoxy groups -OCH3 is 1. The van der Waals surface area contributed by atoms with Crippen molar-refractivity contribution in [3.8, 4) is 0 Å². The number of hydrogen-bond acceptors (Lipinski definition) is 3. The van der Waals surface area contributed by atoms with Gasteiger partial charge in [-0.25, -0.2) is 0 Å². The molecule has 3 rings (SSSR count). The fourth-order valence-electron chi connectivity index (χ4n) is 2.98. The first kappa shape index (κ1) is 15.7. The van der Waals surface area contributed by atoms with Gasteiger partial charge in [0.1, 0.15) is 0 Å². The normalized spacial score (nSPS) is 14.9. The third-order valence-corrected chi connectivity index (χ3v) is 4.35. The number of hydrogen-bond donors (Lipinski definition) is 1. The number of benzene rings is 2. The van der Waals surface area contributed by atoms with Crippen molar-refractivity contribution in [1.29, 1.82) is 0 Å². The van der Waals surface area contributed by atoms with E-state index in [0.29, 0.717) is 24.6 Å². The number of carbonyl (C=O) groups excluding carboxylic acids is 1. The summed E-state index contributed by atoms with van der Waals surface area (Å²) in [5, 5.41) is 9.23. The largest absolute Gasteiger partial charge is 0.392 e. The van der Waals surface area contributed by atoms with Crippen LogP contribution in [0, 0.1) is 0 Å². The fourth-order valence-corrected chi connectivity index (χ4v) is 2.98. The molecule has 0 aromatic heterocycles. The molecule has 120 valence electrons. The van der Waals surface area contributed by atoms with Gasteiger partial charge in [0.25, 0.3) is 5.91 Å². The summed E-state index contributed by atoms with van der Waals surface area (Å²) in [4.78, 5) is 14.4. The van der Waals surface area contributed by atoms with Crippen LogP contribution in [-0.4, -0.2) is 24.7 Å². The third kappa shape index (κ3) is 3.00. The van der Waals surface area contributed by atoms with Crippen molar-refractivity contribution in [2.45, 2.75) is 26.0 Å². The molecule has 1 aliphatic rings. The van der Waals surface area contributed by atoms with E-state index in [1.165, 1.54) is 5.56 Å². The minimum atomic E-state index is -0.0490. The van der Waals surface area contributed by atoms with Crippen molar-refractivity contribution in [3.05, 3.63) is 64.7 Å². The van der Waals surface area contributed by atoms with Crippen molar-refractivity contribution >= 4 is 11.6 Å². The second-order valence-electron chi connectivity index (χ2n) is 5.99. The predicted molar refractivity (Wildman–Crippen MR) is 89.6 cm³/mol. The molecule has 0 fully saturated rings. The standard InChI is InChI=1S/C19H21NO3/c1-13(12-23-2)15-5-7-17(8-6-15)20-10-16-4-3-14(11-21)9-18(16)19(20)22/h3-9,13,21H,10-12H2,1-2H3. The number of anilines is 1. The average molecular weight is 311 g/mol. The van der Waals surface area contributed by atoms with E-state index >= 15 is 0 Å². The Morgan fingerprint density at radius 2 is 1.96 bits per heavy atom. The summed E-state index contributed by atoms with van der Waals surface area (Å²) in [6.07, 6.45) is 0. The lowest BCUT2D eigenvalue weighted by atomic mass is 10.0. The zero-order valence-corrected chi connectivity index (χ0v) is 13.5. The summed E-state index contributed by atoms with van der Waals surface area (Å²) < 4.78 is 5.18. The Labute approximate surface area is 136 Å². The number of aliphatic hydroxyl groups excluding tert-OH is 1. The molecule has 0 bridgehead atoms. The topological polar surface area (TPSA) is 49.8 Å². The van der Waals surface area contributed by atoms with Gasteiger partial charge < -0.3 is 14.7 Å². The van der Waals surface area contributed by atoms with Crippen LogP contribution in [0.15, 0.2) is 42.5 Å². The van der Waals surface area contributed by atoms with Gasteiger partial charge >= 0.3 is 0 Å². The Morgan fingerprint density at radius 3 is 2.61 bits per heavy atom. The summed E-state index contributed by atoms with van der Waals surface area (Å²) in [6.45, 7) is 3.32. The first-order valence-corrected chi connectivity index (χ1v) is 7.77. The van der Waals surface area contributed by atoms with Crippen LogP contribution < -0.4 is 4.90 Å². The molecule has 4 nitrogen and oxygen atoms in total. The Hall–Kier alpha value is -2.17. The third-order valence-electron chi connectivity index (χ3n) is 4.35. The molecule has 1 aliphatic heterocycles. The first-order chi connectivity index (χ1) is 11.1. The van der Waals surface area contributed by atoms with Crippen LogP contribution in [0.4, 0.5) is 5.69 Å². The van der Waals surface area contributed by atoms with E-state index in [4.69, 9.17) is 4.74 Å². The highest BCUT2D eigenvalue weighted by Crippen LogP contribution is 2.30. The predicted octanol–water partition coefficient (Wildman–Crippen LogP) is 3.09. The molecule has 1 atom stereocenters. The van der Waals surface area contributed by atoms with Crippen LogP contribution in [0.25, 0.3) is 0 Å². The zero-order chi connectivity index (χ0) is 16.4. The van der Waals surface area contributed by atoms with Gasteiger partial charge in [0.2, 0.25) is 0 Å². The summed E-state index contributed by atoms with van der Waals surface area (Å²) in [5.41, 5.74) is 4.55. The van der Waals surface area contributed by atoms with Crippen molar-refractivity contribution in [3.63, 3.8) is 0 Å². The molecule has 0 saturated carbocycles. The Kier molecular flexibility index (Phi) is 4.46. The Balaban J connectivity index is 1.82. The number of nitrogens with zero attached hydrogens (tertiary/aromatic N) is 1. The number of aliphatic hydroxyl groups is 1. The van der Waals surface area contributed by atoms with Gasteiger partial charge in [0, 0.05) is 24.3 Å². The van der Waals surface area contributed by atoms with Crippen molar-refractivity contribution in [2.75, 3.05) is 18.6 Å². The summed E-state index contributed by atoms with van der Waals surface area (Å²) >= 11 is 0. The number of rotatable bonds is 5. The molecule has 1 amide bonds. The maximum Gasteiger partial charge on any atom is 0.258 e. The van der Waals surface area contributed by atoms with Crippen LogP contribution in [0.5, 0.6) is 0 Å². The SMILES string of the molecule is COCC(C)c1ccc(N2Cc3ccc(CO)cc3C2=O)cc1. The van der Waals surface area contributed by atoms with Gasteiger partial charge in [-0.3, -0.25) is 4.79 Å². The molecule has 1 unspecified atom stereocenters.